The van der Waals surface area contributed by atoms with E-state index in [2.05, 4.69) is 50.8 Å². The topological polar surface area (TPSA) is 72.6 Å². The third-order valence-electron chi connectivity index (χ3n) is 4.76. The van der Waals surface area contributed by atoms with Gasteiger partial charge in [0, 0.05) is 11.5 Å². The number of ether oxygens (including phenoxy) is 1. The van der Waals surface area contributed by atoms with Crippen molar-refractivity contribution in [3.8, 4) is 11.5 Å². The second-order valence-electron chi connectivity index (χ2n) is 6.56. The second kappa shape index (κ2) is 8.56. The smallest absolute Gasteiger partial charge is 0.204 e. The summed E-state index contributed by atoms with van der Waals surface area (Å²) >= 11 is 0. The summed E-state index contributed by atoms with van der Waals surface area (Å²) in [6.07, 6.45) is 2.57. The van der Waals surface area contributed by atoms with Crippen molar-refractivity contribution < 1.29 is 14.6 Å². The molecule has 3 N–H and O–H groups in total. The number of rotatable bonds is 3. The van der Waals surface area contributed by atoms with Crippen molar-refractivity contribution in [2.75, 3.05) is 0 Å². The third-order valence-corrected chi connectivity index (χ3v) is 4.76. The zero-order valence-electron chi connectivity index (χ0n) is 15.1. The largest absolute Gasteiger partial charge is 0.508 e. The van der Waals surface area contributed by atoms with Crippen LogP contribution in [-0.2, 0) is 4.79 Å². The number of nitrogens with two attached hydrogens (primary N) is 1. The minimum atomic E-state index is 0.0780. The Balaban J connectivity index is 0.000000701. The van der Waals surface area contributed by atoms with E-state index in [1.165, 1.54) is 11.1 Å². The fraction of sp³-hybridized carbons (Fsp3) is 0.381. The molecular weight excluding hydrogens is 314 g/mol. The molecule has 0 spiro atoms. The predicted octanol–water partition coefficient (Wildman–Crippen LogP) is 4.46. The molecule has 0 bridgehead atoms. The molecule has 0 aromatic heterocycles. The molecule has 3 unspecified atom stereocenters. The van der Waals surface area contributed by atoms with Crippen molar-refractivity contribution in [3.05, 3.63) is 59.2 Å². The molecule has 25 heavy (non-hydrogen) atoms. The molecule has 0 aliphatic carbocycles. The maximum Gasteiger partial charge on any atom is 0.204 e. The molecule has 3 atom stereocenters. The number of aryl methyl sites for hydroxylation is 1. The Labute approximate surface area is 149 Å². The number of phenolic OH excluding ortho intramolecular Hbond substituents is 1. The summed E-state index contributed by atoms with van der Waals surface area (Å²) in [5.74, 6) is 2.05. The van der Waals surface area contributed by atoms with Gasteiger partial charge in [0.1, 0.15) is 17.6 Å². The maximum absolute atomic E-state index is 9.82. The van der Waals surface area contributed by atoms with Crippen molar-refractivity contribution in [2.24, 2.45) is 11.7 Å². The van der Waals surface area contributed by atoms with E-state index in [9.17, 15) is 5.11 Å². The van der Waals surface area contributed by atoms with E-state index in [-0.39, 0.29) is 12.5 Å². The lowest BCUT2D eigenvalue weighted by Crippen LogP contribution is -2.28. The number of carbonyl (C=O) groups excluding carboxylic acids is 1. The van der Waals surface area contributed by atoms with Gasteiger partial charge in [0.05, 0.1) is 0 Å². The van der Waals surface area contributed by atoms with Crippen LogP contribution in [0.3, 0.4) is 0 Å². The van der Waals surface area contributed by atoms with E-state index >= 15 is 0 Å². The van der Waals surface area contributed by atoms with Gasteiger partial charge in [-0.15, -0.1) is 0 Å². The van der Waals surface area contributed by atoms with Gasteiger partial charge in [0.2, 0.25) is 6.41 Å². The average molecular weight is 341 g/mol. The number of carbonyl (C=O) groups is 1. The zero-order valence-corrected chi connectivity index (χ0v) is 15.1. The summed E-state index contributed by atoms with van der Waals surface area (Å²) in [6, 6.07) is 14.1. The molecule has 0 saturated carbocycles. The fourth-order valence-corrected chi connectivity index (χ4v) is 3.53. The van der Waals surface area contributed by atoms with Crippen molar-refractivity contribution in [3.63, 3.8) is 0 Å². The van der Waals surface area contributed by atoms with Crippen molar-refractivity contribution in [1.82, 2.24) is 0 Å². The van der Waals surface area contributed by atoms with Gasteiger partial charge in [-0.25, -0.2) is 0 Å². The molecule has 1 aliphatic heterocycles. The molecule has 4 heteroatoms. The Morgan fingerprint density at radius 1 is 1.20 bits per heavy atom. The highest BCUT2D eigenvalue weighted by Crippen LogP contribution is 2.48. The Hall–Kier alpha value is -2.49. The van der Waals surface area contributed by atoms with E-state index < -0.39 is 0 Å². The molecule has 1 aliphatic rings. The van der Waals surface area contributed by atoms with Crippen LogP contribution >= 0.6 is 0 Å². The molecule has 1 heterocycles. The number of hydrogen-bond donors (Lipinski definition) is 2. The minimum absolute atomic E-state index is 0.0780. The van der Waals surface area contributed by atoms with Crippen molar-refractivity contribution >= 4 is 6.41 Å². The van der Waals surface area contributed by atoms with Gasteiger partial charge in [0.25, 0.3) is 0 Å². The highest BCUT2D eigenvalue weighted by atomic mass is 16.5. The van der Waals surface area contributed by atoms with Crippen LogP contribution < -0.4 is 10.5 Å². The first-order chi connectivity index (χ1) is 12.0. The Morgan fingerprint density at radius 2 is 1.84 bits per heavy atom. The number of fused-ring (bicyclic) bond motifs is 1. The van der Waals surface area contributed by atoms with Crippen LogP contribution in [0.15, 0.2) is 42.5 Å². The Kier molecular flexibility index (Phi) is 6.45. The summed E-state index contributed by atoms with van der Waals surface area (Å²) in [5, 5.41) is 9.82. The first kappa shape index (κ1) is 18.8. The quantitative estimate of drug-likeness (QED) is 0.810. The van der Waals surface area contributed by atoms with E-state index in [1.54, 1.807) is 6.07 Å². The first-order valence-corrected chi connectivity index (χ1v) is 8.73. The zero-order chi connectivity index (χ0) is 18.4. The molecule has 3 rings (SSSR count). The molecule has 0 saturated heterocycles. The number of amides is 1. The summed E-state index contributed by atoms with van der Waals surface area (Å²) < 4.78 is 6.29. The molecule has 0 fully saturated rings. The van der Waals surface area contributed by atoms with E-state index in [0.29, 0.717) is 17.6 Å². The highest BCUT2D eigenvalue weighted by molar-refractivity contribution is 5.45. The van der Waals surface area contributed by atoms with Crippen LogP contribution in [0.5, 0.6) is 11.5 Å². The Bertz CT molecular complexity index is 697. The lowest BCUT2D eigenvalue weighted by molar-refractivity contribution is -0.106. The van der Waals surface area contributed by atoms with Crippen LogP contribution in [-0.4, -0.2) is 11.5 Å². The summed E-state index contributed by atoms with van der Waals surface area (Å²) in [5.41, 5.74) is 7.82. The van der Waals surface area contributed by atoms with Gasteiger partial charge in [-0.05, 0) is 43.0 Å². The number of benzene rings is 2. The van der Waals surface area contributed by atoms with Crippen LogP contribution in [0.2, 0.25) is 0 Å². The molecule has 2 aromatic rings. The molecule has 0 radical (unpaired) electrons. The van der Waals surface area contributed by atoms with Gasteiger partial charge in [-0.1, -0.05) is 50.1 Å². The van der Waals surface area contributed by atoms with E-state index in [0.717, 1.165) is 24.2 Å². The van der Waals surface area contributed by atoms with Gasteiger partial charge < -0.3 is 15.6 Å². The third kappa shape index (κ3) is 4.32. The highest BCUT2D eigenvalue weighted by Gasteiger charge is 2.35. The summed E-state index contributed by atoms with van der Waals surface area (Å²) in [7, 11) is 0. The summed E-state index contributed by atoms with van der Waals surface area (Å²) in [6.45, 7) is 6.58. The van der Waals surface area contributed by atoms with Crippen LogP contribution in [0.4, 0.5) is 0 Å². The number of aromatic hydroxyl groups is 1. The van der Waals surface area contributed by atoms with Crippen LogP contribution in [0, 0.1) is 12.8 Å². The fourth-order valence-electron chi connectivity index (χ4n) is 3.53. The van der Waals surface area contributed by atoms with Crippen molar-refractivity contribution in [2.45, 2.75) is 45.6 Å². The lowest BCUT2D eigenvalue weighted by Gasteiger charge is -2.38. The predicted molar refractivity (Wildman–Crippen MR) is 99.7 cm³/mol. The first-order valence-electron chi connectivity index (χ1n) is 8.73. The van der Waals surface area contributed by atoms with E-state index in [1.807, 2.05) is 12.1 Å². The molecule has 4 nitrogen and oxygen atoms in total. The normalized spacial score (nSPS) is 21.3. The van der Waals surface area contributed by atoms with Crippen LogP contribution in [0.25, 0.3) is 0 Å². The van der Waals surface area contributed by atoms with Crippen molar-refractivity contribution in [1.29, 1.82) is 0 Å². The number of phenols is 1. The van der Waals surface area contributed by atoms with Gasteiger partial charge >= 0.3 is 0 Å². The van der Waals surface area contributed by atoms with Gasteiger partial charge in [-0.2, -0.15) is 0 Å². The van der Waals surface area contributed by atoms with E-state index in [4.69, 9.17) is 9.53 Å². The van der Waals surface area contributed by atoms with Gasteiger partial charge in [-0.3, -0.25) is 4.79 Å². The summed E-state index contributed by atoms with van der Waals surface area (Å²) in [4.78, 5) is 8.58. The van der Waals surface area contributed by atoms with Gasteiger partial charge in [0.15, 0.2) is 0 Å². The lowest BCUT2D eigenvalue weighted by atomic mass is 9.76. The van der Waals surface area contributed by atoms with Crippen LogP contribution in [0.1, 0.15) is 55.4 Å². The monoisotopic (exact) mass is 341 g/mol. The number of primary amides is 1. The Morgan fingerprint density at radius 3 is 2.44 bits per heavy atom. The number of hydrogen-bond acceptors (Lipinski definition) is 3. The standard InChI is InChI=1S/C20H24O2.CH3NO/c1-4-5-17-14(3)20(15-8-6-13(2)7-9-15)22-19-11-10-16(21)12-18(17)19;2-1-3/h6-12,14,17,20-21H,4-5H2,1-3H3;1H,(H2,2,3). The minimum Gasteiger partial charge on any atom is -0.508 e. The molecular formula is C21H27NO3. The maximum atomic E-state index is 9.82. The SMILES string of the molecule is CCCC1c2cc(O)ccc2OC(c2ccc(C)cc2)C1C.NC=O. The average Bonchev–Trinajstić information content (AvgIpc) is 2.59. The molecule has 134 valence electrons. The molecule has 1 amide bonds. The second-order valence-corrected chi connectivity index (χ2v) is 6.56. The molecule has 2 aromatic carbocycles.